The van der Waals surface area contributed by atoms with Gasteiger partial charge < -0.3 is 4.90 Å². The molecule has 1 aliphatic rings. The maximum absolute atomic E-state index is 13.4. The van der Waals surface area contributed by atoms with Gasteiger partial charge in [-0.25, -0.2) is 15.0 Å². The number of hydrogen-bond acceptors (Lipinski definition) is 6. The molecule has 0 spiro atoms. The summed E-state index contributed by atoms with van der Waals surface area (Å²) in [5, 5.41) is 0.695. The Bertz CT molecular complexity index is 1280. The van der Waals surface area contributed by atoms with Crippen molar-refractivity contribution < 1.29 is 4.79 Å². The molecule has 8 heteroatoms. The molecule has 3 aromatic heterocycles. The molecule has 1 fully saturated rings. The van der Waals surface area contributed by atoms with Gasteiger partial charge in [0.15, 0.2) is 0 Å². The Hall–Kier alpha value is -3.71. The molecule has 1 aliphatic heterocycles. The summed E-state index contributed by atoms with van der Waals surface area (Å²) in [6, 6.07) is 13.0. The molecule has 0 aliphatic carbocycles. The summed E-state index contributed by atoms with van der Waals surface area (Å²) in [6.07, 6.45) is 10.7. The van der Waals surface area contributed by atoms with Crippen molar-refractivity contribution in [1.82, 2.24) is 29.8 Å². The van der Waals surface area contributed by atoms with Crippen LogP contribution in [0.2, 0.25) is 5.02 Å². The van der Waals surface area contributed by atoms with E-state index in [1.165, 1.54) is 6.33 Å². The minimum atomic E-state index is -0.130. The van der Waals surface area contributed by atoms with Crippen molar-refractivity contribution in [3.8, 4) is 11.3 Å². The van der Waals surface area contributed by atoms with Crippen molar-refractivity contribution >= 4 is 17.5 Å². The van der Waals surface area contributed by atoms with Gasteiger partial charge in [-0.05, 0) is 42.7 Å². The van der Waals surface area contributed by atoms with Crippen LogP contribution in [0.25, 0.3) is 11.3 Å². The Morgan fingerprint density at radius 2 is 1.85 bits per heavy atom. The molecule has 1 amide bonds. The number of nitrogens with zero attached hydrogens (tertiary/aromatic N) is 6. The Kier molecular flexibility index (Phi) is 6.04. The molecule has 1 aromatic carbocycles. The number of benzene rings is 1. The summed E-state index contributed by atoms with van der Waals surface area (Å²) in [5.74, 6) is -0.113. The van der Waals surface area contributed by atoms with E-state index >= 15 is 0 Å². The van der Waals surface area contributed by atoms with E-state index in [2.05, 4.69) is 19.9 Å². The van der Waals surface area contributed by atoms with E-state index in [9.17, 15) is 4.79 Å². The highest BCUT2D eigenvalue weighted by Crippen LogP contribution is 2.32. The summed E-state index contributed by atoms with van der Waals surface area (Å²) in [4.78, 5) is 37.1. The van der Waals surface area contributed by atoms with Gasteiger partial charge in [-0.1, -0.05) is 29.8 Å². The molecule has 0 radical (unpaired) electrons. The Balaban J connectivity index is 1.38. The lowest BCUT2D eigenvalue weighted by Gasteiger charge is -2.24. The maximum Gasteiger partial charge on any atom is 0.273 e. The van der Waals surface area contributed by atoms with Crippen LogP contribution >= 0.6 is 11.6 Å². The second kappa shape index (κ2) is 9.42. The molecule has 33 heavy (non-hydrogen) atoms. The highest BCUT2D eigenvalue weighted by molar-refractivity contribution is 6.30. The molecule has 0 bridgehead atoms. The van der Waals surface area contributed by atoms with Gasteiger partial charge in [0.25, 0.3) is 5.91 Å². The fourth-order valence-electron chi connectivity index (χ4n) is 4.14. The third-order valence-electron chi connectivity index (χ3n) is 5.66. The molecule has 4 aromatic rings. The first-order valence-electron chi connectivity index (χ1n) is 10.8. The summed E-state index contributed by atoms with van der Waals surface area (Å²) in [7, 11) is 0. The fourth-order valence-corrected chi connectivity index (χ4v) is 4.35. The molecular formula is C25H21ClN6O. The third-order valence-corrected chi connectivity index (χ3v) is 5.89. The summed E-state index contributed by atoms with van der Waals surface area (Å²) in [6.45, 7) is 0.657. The number of amides is 1. The average Bonchev–Trinajstić information content (AvgIpc) is 3.34. The predicted molar refractivity (Wildman–Crippen MR) is 125 cm³/mol. The number of rotatable bonds is 5. The van der Waals surface area contributed by atoms with Gasteiger partial charge in [0, 0.05) is 42.1 Å². The lowest BCUT2D eigenvalue weighted by Crippen LogP contribution is -2.31. The van der Waals surface area contributed by atoms with Gasteiger partial charge in [-0.3, -0.25) is 14.8 Å². The molecule has 4 heterocycles. The van der Waals surface area contributed by atoms with Gasteiger partial charge in [0.05, 0.1) is 29.3 Å². The average molecular weight is 457 g/mol. The van der Waals surface area contributed by atoms with Gasteiger partial charge >= 0.3 is 0 Å². The van der Waals surface area contributed by atoms with Crippen LogP contribution in [0.1, 0.15) is 46.3 Å². The van der Waals surface area contributed by atoms with E-state index in [-0.39, 0.29) is 11.9 Å². The van der Waals surface area contributed by atoms with E-state index in [4.69, 9.17) is 16.6 Å². The lowest BCUT2D eigenvalue weighted by atomic mass is 10.1. The van der Waals surface area contributed by atoms with Crippen molar-refractivity contribution in [2.75, 3.05) is 6.54 Å². The molecule has 5 rings (SSSR count). The summed E-state index contributed by atoms with van der Waals surface area (Å²) < 4.78 is 0. The number of carbonyl (C=O) groups excluding carboxylic acids is 1. The standard InChI is InChI=1S/C25H21ClN6O/c26-19-5-1-4-17(10-19)11-20-14-27-15-23(30-20)24-8-3-9-32(24)25(33)22-7-2-6-21(31-22)18-12-28-16-29-13-18/h1-2,4-7,10,12-16,24H,3,8-9,11H2/t24-/m1/s1. The second-order valence-corrected chi connectivity index (χ2v) is 8.37. The van der Waals surface area contributed by atoms with Crippen LogP contribution in [0, 0.1) is 0 Å². The number of halogens is 1. The number of hydrogen-bond donors (Lipinski definition) is 0. The zero-order chi connectivity index (χ0) is 22.6. The Morgan fingerprint density at radius 3 is 2.70 bits per heavy atom. The zero-order valence-electron chi connectivity index (χ0n) is 17.8. The van der Waals surface area contributed by atoms with Crippen molar-refractivity contribution in [3.05, 3.63) is 101 Å². The molecule has 0 unspecified atom stereocenters. The molecule has 164 valence electrons. The van der Waals surface area contributed by atoms with Crippen LogP contribution < -0.4 is 0 Å². The largest absolute Gasteiger partial charge is 0.329 e. The highest BCUT2D eigenvalue weighted by Gasteiger charge is 2.32. The molecule has 0 N–H and O–H groups in total. The van der Waals surface area contributed by atoms with E-state index in [0.29, 0.717) is 29.4 Å². The van der Waals surface area contributed by atoms with Gasteiger partial charge in [-0.15, -0.1) is 0 Å². The van der Waals surface area contributed by atoms with Gasteiger partial charge in [0.2, 0.25) is 0 Å². The molecule has 0 saturated carbocycles. The van der Waals surface area contributed by atoms with Crippen LogP contribution in [0.4, 0.5) is 0 Å². The Labute approximate surface area is 196 Å². The van der Waals surface area contributed by atoms with Crippen LogP contribution in [0.5, 0.6) is 0 Å². The zero-order valence-corrected chi connectivity index (χ0v) is 18.6. The first-order chi connectivity index (χ1) is 16.2. The van der Waals surface area contributed by atoms with E-state index in [1.807, 2.05) is 41.3 Å². The number of aromatic nitrogens is 5. The smallest absolute Gasteiger partial charge is 0.273 e. The number of carbonyl (C=O) groups is 1. The Morgan fingerprint density at radius 1 is 1.00 bits per heavy atom. The predicted octanol–water partition coefficient (Wildman–Crippen LogP) is 4.55. The number of pyridine rings is 1. The molecule has 7 nitrogen and oxygen atoms in total. The SMILES string of the molecule is O=C(c1cccc(-c2cncnc2)n1)N1CCC[C@@H]1c1cncc(Cc2cccc(Cl)c2)n1. The van der Waals surface area contributed by atoms with E-state index in [1.54, 1.807) is 30.9 Å². The van der Waals surface area contributed by atoms with Crippen LogP contribution in [-0.4, -0.2) is 42.3 Å². The van der Waals surface area contributed by atoms with Crippen LogP contribution in [-0.2, 0) is 6.42 Å². The molecule has 1 saturated heterocycles. The van der Waals surface area contributed by atoms with Crippen molar-refractivity contribution in [1.29, 1.82) is 0 Å². The van der Waals surface area contributed by atoms with Crippen molar-refractivity contribution in [2.24, 2.45) is 0 Å². The second-order valence-electron chi connectivity index (χ2n) is 7.93. The van der Waals surface area contributed by atoms with Gasteiger partial charge in [0.1, 0.15) is 12.0 Å². The monoisotopic (exact) mass is 456 g/mol. The van der Waals surface area contributed by atoms with Crippen molar-refractivity contribution in [2.45, 2.75) is 25.3 Å². The highest BCUT2D eigenvalue weighted by atomic mass is 35.5. The van der Waals surface area contributed by atoms with E-state index < -0.39 is 0 Å². The summed E-state index contributed by atoms with van der Waals surface area (Å²) >= 11 is 6.12. The quantitative estimate of drug-likeness (QED) is 0.438. The molecular weight excluding hydrogens is 436 g/mol. The fraction of sp³-hybridized carbons (Fsp3) is 0.200. The molecule has 1 atom stereocenters. The maximum atomic E-state index is 13.4. The van der Waals surface area contributed by atoms with Gasteiger partial charge in [-0.2, -0.15) is 0 Å². The topological polar surface area (TPSA) is 84.8 Å². The minimum absolute atomic E-state index is 0.113. The number of likely N-dealkylation sites (tertiary alicyclic amines) is 1. The first-order valence-corrected chi connectivity index (χ1v) is 11.1. The minimum Gasteiger partial charge on any atom is -0.329 e. The normalized spacial score (nSPS) is 15.5. The van der Waals surface area contributed by atoms with Crippen molar-refractivity contribution in [3.63, 3.8) is 0 Å². The summed E-state index contributed by atoms with van der Waals surface area (Å²) in [5.41, 5.74) is 4.54. The van der Waals surface area contributed by atoms with E-state index in [0.717, 1.165) is 35.4 Å². The van der Waals surface area contributed by atoms with Crippen LogP contribution in [0.3, 0.4) is 0 Å². The van der Waals surface area contributed by atoms with Crippen LogP contribution in [0.15, 0.2) is 73.6 Å². The lowest BCUT2D eigenvalue weighted by molar-refractivity contribution is 0.0726. The third kappa shape index (κ3) is 4.73. The first kappa shape index (κ1) is 21.2.